The number of nitrogens with one attached hydrogen (secondary N) is 1. The van der Waals surface area contributed by atoms with Crippen LogP contribution in [0.5, 0.6) is 0 Å². The molecule has 0 spiro atoms. The van der Waals surface area contributed by atoms with Gasteiger partial charge in [0.05, 0.1) is 5.60 Å². The number of aliphatic hydroxyl groups is 1. The molecule has 1 aliphatic heterocycles. The average molecular weight is 298 g/mol. The molecule has 0 aliphatic carbocycles. The standard InChI is InChI=1S/C17H22N4O/c22-17(5-8-20-13-17)14-21(11-15-3-1-6-18-9-15)12-16-4-2-7-19-10-16/h1-4,6-7,9-10,20,22H,5,8,11-14H2/t17-/m0/s1. The molecule has 0 saturated carbocycles. The summed E-state index contributed by atoms with van der Waals surface area (Å²) in [7, 11) is 0. The molecule has 2 aromatic heterocycles. The SMILES string of the molecule is O[C@@]1(CN(Cc2cccnc2)Cc2cccnc2)CCNC1. The van der Waals surface area contributed by atoms with Gasteiger partial charge in [-0.15, -0.1) is 0 Å². The van der Waals surface area contributed by atoms with Crippen molar-refractivity contribution >= 4 is 0 Å². The van der Waals surface area contributed by atoms with Crippen molar-refractivity contribution in [3.63, 3.8) is 0 Å². The third-order valence-corrected chi connectivity index (χ3v) is 4.00. The predicted octanol–water partition coefficient (Wildman–Crippen LogP) is 1.20. The van der Waals surface area contributed by atoms with Gasteiger partial charge in [0.15, 0.2) is 0 Å². The van der Waals surface area contributed by atoms with Crippen LogP contribution in [0.2, 0.25) is 0 Å². The Bertz CT molecular complexity index is 528. The van der Waals surface area contributed by atoms with Crippen molar-refractivity contribution in [2.75, 3.05) is 19.6 Å². The Morgan fingerprint density at radius 3 is 2.18 bits per heavy atom. The average Bonchev–Trinajstić information content (AvgIpc) is 2.95. The first-order valence-electron chi connectivity index (χ1n) is 7.67. The fourth-order valence-electron chi connectivity index (χ4n) is 2.95. The van der Waals surface area contributed by atoms with Crippen LogP contribution in [0.4, 0.5) is 0 Å². The molecule has 22 heavy (non-hydrogen) atoms. The van der Waals surface area contributed by atoms with Crippen molar-refractivity contribution in [1.82, 2.24) is 20.2 Å². The van der Waals surface area contributed by atoms with Gasteiger partial charge in [-0.25, -0.2) is 0 Å². The number of rotatable bonds is 6. The number of pyridine rings is 2. The molecule has 2 N–H and O–H groups in total. The quantitative estimate of drug-likeness (QED) is 0.839. The van der Waals surface area contributed by atoms with E-state index in [0.717, 1.165) is 37.2 Å². The van der Waals surface area contributed by atoms with Crippen LogP contribution in [0, 0.1) is 0 Å². The number of aromatic nitrogens is 2. The van der Waals surface area contributed by atoms with E-state index in [1.54, 1.807) is 12.4 Å². The van der Waals surface area contributed by atoms with Gasteiger partial charge in [0, 0.05) is 51.0 Å². The molecular formula is C17H22N4O. The summed E-state index contributed by atoms with van der Waals surface area (Å²) >= 11 is 0. The van der Waals surface area contributed by atoms with Crippen LogP contribution in [-0.4, -0.2) is 45.2 Å². The van der Waals surface area contributed by atoms with Gasteiger partial charge >= 0.3 is 0 Å². The maximum atomic E-state index is 10.7. The molecule has 0 aromatic carbocycles. The number of hydrogen-bond acceptors (Lipinski definition) is 5. The Labute approximate surface area is 131 Å². The van der Waals surface area contributed by atoms with E-state index in [2.05, 4.69) is 32.3 Å². The van der Waals surface area contributed by atoms with E-state index in [0.29, 0.717) is 13.1 Å². The molecular weight excluding hydrogens is 276 g/mol. The monoisotopic (exact) mass is 298 g/mol. The largest absolute Gasteiger partial charge is 0.387 e. The number of hydrogen-bond donors (Lipinski definition) is 2. The Balaban J connectivity index is 1.72. The maximum Gasteiger partial charge on any atom is 0.0909 e. The van der Waals surface area contributed by atoms with Crippen LogP contribution in [0.15, 0.2) is 49.1 Å². The molecule has 5 nitrogen and oxygen atoms in total. The van der Waals surface area contributed by atoms with E-state index in [9.17, 15) is 5.11 Å². The van der Waals surface area contributed by atoms with Crippen LogP contribution >= 0.6 is 0 Å². The van der Waals surface area contributed by atoms with E-state index >= 15 is 0 Å². The summed E-state index contributed by atoms with van der Waals surface area (Å²) in [6, 6.07) is 8.03. The third kappa shape index (κ3) is 4.10. The fourth-order valence-corrected chi connectivity index (χ4v) is 2.95. The normalized spacial score (nSPS) is 21.4. The Hall–Kier alpha value is -1.82. The van der Waals surface area contributed by atoms with Crippen molar-refractivity contribution in [3.8, 4) is 0 Å². The molecule has 1 atom stereocenters. The summed E-state index contributed by atoms with van der Waals surface area (Å²) in [6.45, 7) is 3.72. The number of β-amino-alcohol motifs (C(OH)–C–C–N with tert-alkyl or cyclic N) is 1. The highest BCUT2D eigenvalue weighted by molar-refractivity contribution is 5.12. The minimum atomic E-state index is -0.648. The van der Waals surface area contributed by atoms with E-state index < -0.39 is 5.60 Å². The molecule has 0 unspecified atom stereocenters. The minimum absolute atomic E-state index is 0.643. The zero-order chi connectivity index (χ0) is 15.3. The molecule has 3 heterocycles. The lowest BCUT2D eigenvalue weighted by Crippen LogP contribution is -2.44. The van der Waals surface area contributed by atoms with Crippen LogP contribution in [0.25, 0.3) is 0 Å². The second kappa shape index (κ2) is 6.96. The van der Waals surface area contributed by atoms with Gasteiger partial charge in [0.1, 0.15) is 0 Å². The smallest absolute Gasteiger partial charge is 0.0909 e. The van der Waals surface area contributed by atoms with Crippen molar-refractivity contribution in [3.05, 3.63) is 60.2 Å². The van der Waals surface area contributed by atoms with Gasteiger partial charge in [0.2, 0.25) is 0 Å². The molecule has 1 aliphatic rings. The molecule has 1 fully saturated rings. The van der Waals surface area contributed by atoms with Crippen molar-refractivity contribution in [2.45, 2.75) is 25.1 Å². The molecule has 0 bridgehead atoms. The highest BCUT2D eigenvalue weighted by Gasteiger charge is 2.33. The summed E-state index contributed by atoms with van der Waals surface area (Å²) in [5.74, 6) is 0. The van der Waals surface area contributed by atoms with Gasteiger partial charge in [-0.1, -0.05) is 12.1 Å². The third-order valence-electron chi connectivity index (χ3n) is 4.00. The molecule has 5 heteroatoms. The van der Waals surface area contributed by atoms with Crippen LogP contribution < -0.4 is 5.32 Å². The van der Waals surface area contributed by atoms with Gasteiger partial charge in [-0.05, 0) is 36.2 Å². The summed E-state index contributed by atoms with van der Waals surface area (Å²) in [6.07, 6.45) is 8.12. The lowest BCUT2D eigenvalue weighted by molar-refractivity contribution is 0.0156. The Morgan fingerprint density at radius 2 is 1.73 bits per heavy atom. The first kappa shape index (κ1) is 15.1. The van der Waals surface area contributed by atoms with E-state index in [1.807, 2.05) is 24.5 Å². The zero-order valence-corrected chi connectivity index (χ0v) is 12.7. The molecule has 0 radical (unpaired) electrons. The van der Waals surface area contributed by atoms with E-state index in [1.165, 1.54) is 0 Å². The zero-order valence-electron chi connectivity index (χ0n) is 12.7. The van der Waals surface area contributed by atoms with Gasteiger partial charge in [0.25, 0.3) is 0 Å². The highest BCUT2D eigenvalue weighted by atomic mass is 16.3. The summed E-state index contributed by atoms with van der Waals surface area (Å²) in [4.78, 5) is 10.6. The van der Waals surface area contributed by atoms with Crippen molar-refractivity contribution in [1.29, 1.82) is 0 Å². The van der Waals surface area contributed by atoms with Crippen LogP contribution in [0.3, 0.4) is 0 Å². The molecule has 1 saturated heterocycles. The predicted molar refractivity (Wildman–Crippen MR) is 85.0 cm³/mol. The first-order chi connectivity index (χ1) is 10.7. The first-order valence-corrected chi connectivity index (χ1v) is 7.67. The Morgan fingerprint density at radius 1 is 1.09 bits per heavy atom. The van der Waals surface area contributed by atoms with E-state index in [4.69, 9.17) is 0 Å². The number of nitrogens with zero attached hydrogens (tertiary/aromatic N) is 3. The summed E-state index contributed by atoms with van der Waals surface area (Å²) in [5.41, 5.74) is 1.66. The molecule has 116 valence electrons. The van der Waals surface area contributed by atoms with Crippen LogP contribution in [0.1, 0.15) is 17.5 Å². The lowest BCUT2D eigenvalue weighted by Gasteiger charge is -2.31. The van der Waals surface area contributed by atoms with Crippen molar-refractivity contribution < 1.29 is 5.11 Å². The summed E-state index contributed by atoms with van der Waals surface area (Å²) in [5, 5.41) is 13.9. The summed E-state index contributed by atoms with van der Waals surface area (Å²) < 4.78 is 0. The van der Waals surface area contributed by atoms with E-state index in [-0.39, 0.29) is 0 Å². The lowest BCUT2D eigenvalue weighted by atomic mass is 10.0. The molecule has 2 aromatic rings. The highest BCUT2D eigenvalue weighted by Crippen LogP contribution is 2.19. The maximum absolute atomic E-state index is 10.7. The molecule has 3 rings (SSSR count). The Kier molecular flexibility index (Phi) is 4.77. The fraction of sp³-hybridized carbons (Fsp3) is 0.412. The van der Waals surface area contributed by atoms with Gasteiger partial charge in [-0.3, -0.25) is 14.9 Å². The second-order valence-corrected chi connectivity index (χ2v) is 6.02. The van der Waals surface area contributed by atoms with Crippen molar-refractivity contribution in [2.24, 2.45) is 0 Å². The topological polar surface area (TPSA) is 61.3 Å². The van der Waals surface area contributed by atoms with Crippen LogP contribution in [-0.2, 0) is 13.1 Å². The second-order valence-electron chi connectivity index (χ2n) is 6.02. The molecule has 0 amide bonds. The van der Waals surface area contributed by atoms with Gasteiger partial charge in [-0.2, -0.15) is 0 Å². The minimum Gasteiger partial charge on any atom is -0.387 e. The van der Waals surface area contributed by atoms with Gasteiger partial charge < -0.3 is 10.4 Å².